The number of nitrogens with zero attached hydrogens (tertiary/aromatic N) is 1. The number of urea groups is 1. The predicted molar refractivity (Wildman–Crippen MR) is 113 cm³/mol. The molecule has 8 heteroatoms. The summed E-state index contributed by atoms with van der Waals surface area (Å²) in [6, 6.07) is 16.4. The first-order valence-electron chi connectivity index (χ1n) is 9.56. The Hall–Kier alpha value is -3.81. The summed E-state index contributed by atoms with van der Waals surface area (Å²) in [5, 5.41) is 4.87. The van der Waals surface area contributed by atoms with Crippen molar-refractivity contribution in [1.29, 1.82) is 0 Å². The quantitative estimate of drug-likeness (QED) is 0.524. The molecule has 0 unspecified atom stereocenters. The molecule has 0 aromatic heterocycles. The minimum atomic E-state index is -0.879. The van der Waals surface area contributed by atoms with Gasteiger partial charge in [0.15, 0.2) is 0 Å². The molecular weight excluding hydrogens is 407 g/mol. The fraction of sp³-hybridized carbons (Fsp3) is 0.130. The second kappa shape index (κ2) is 10.3. The Kier molecular flexibility index (Phi) is 7.26. The highest BCUT2D eigenvalue weighted by atomic mass is 19.1. The summed E-state index contributed by atoms with van der Waals surface area (Å²) in [6.07, 6.45) is 0.404. The Bertz CT molecular complexity index is 1040. The molecule has 3 aromatic carbocycles. The number of para-hydroxylation sites is 1. The summed E-state index contributed by atoms with van der Waals surface area (Å²) < 4.78 is 39.7. The number of hydrogen-bond acceptors (Lipinski definition) is 2. The average Bonchev–Trinajstić information content (AvgIpc) is 2.76. The lowest BCUT2D eigenvalue weighted by molar-refractivity contribution is 0.0986. The maximum absolute atomic E-state index is 13.6. The first-order chi connectivity index (χ1) is 14.9. The van der Waals surface area contributed by atoms with E-state index < -0.39 is 23.5 Å². The van der Waals surface area contributed by atoms with Gasteiger partial charge in [0.1, 0.15) is 17.5 Å². The molecular formula is C23H20F3N3O2. The van der Waals surface area contributed by atoms with Crippen LogP contribution in [0.3, 0.4) is 0 Å². The Morgan fingerprint density at radius 1 is 0.839 bits per heavy atom. The number of hydrogen-bond donors (Lipinski definition) is 2. The first-order valence-corrected chi connectivity index (χ1v) is 9.56. The molecule has 3 rings (SSSR count). The molecule has 5 nitrogen and oxygen atoms in total. The molecule has 160 valence electrons. The molecule has 3 amide bonds. The minimum absolute atomic E-state index is 0.142. The number of nitrogens with one attached hydrogen (secondary N) is 2. The highest BCUT2D eigenvalue weighted by Gasteiger charge is 2.17. The van der Waals surface area contributed by atoms with Crippen LogP contribution in [0.4, 0.5) is 29.3 Å². The molecule has 2 N–H and O–H groups in total. The summed E-state index contributed by atoms with van der Waals surface area (Å²) >= 11 is 0. The SMILES string of the molecule is O=C(NCCCN(C(=O)c1ccc(F)cc1)c1ccccc1)Nc1ccc(F)cc1F. The molecule has 0 spiro atoms. The molecule has 0 saturated heterocycles. The Morgan fingerprint density at radius 3 is 2.19 bits per heavy atom. The van der Waals surface area contributed by atoms with Gasteiger partial charge >= 0.3 is 6.03 Å². The summed E-state index contributed by atoms with van der Waals surface area (Å²) in [5.41, 5.74) is 0.855. The fourth-order valence-electron chi connectivity index (χ4n) is 2.90. The summed E-state index contributed by atoms with van der Waals surface area (Å²) in [7, 11) is 0. The number of benzene rings is 3. The second-order valence-electron chi connectivity index (χ2n) is 6.66. The number of rotatable bonds is 7. The molecule has 0 saturated carbocycles. The van der Waals surface area contributed by atoms with E-state index in [4.69, 9.17) is 0 Å². The highest BCUT2D eigenvalue weighted by Crippen LogP contribution is 2.18. The van der Waals surface area contributed by atoms with Gasteiger partial charge in [-0.25, -0.2) is 18.0 Å². The molecule has 0 fully saturated rings. The van der Waals surface area contributed by atoms with Gasteiger partial charge in [-0.05, 0) is 55.0 Å². The highest BCUT2D eigenvalue weighted by molar-refractivity contribution is 6.06. The number of carbonyl (C=O) groups is 2. The van der Waals surface area contributed by atoms with E-state index in [2.05, 4.69) is 10.6 Å². The Labute approximate surface area is 177 Å². The number of carbonyl (C=O) groups excluding carboxylic acids is 2. The number of anilines is 2. The first kappa shape index (κ1) is 21.9. The van der Waals surface area contributed by atoms with Crippen molar-refractivity contribution in [3.8, 4) is 0 Å². The third-order valence-corrected chi connectivity index (χ3v) is 4.43. The van der Waals surface area contributed by atoms with Crippen LogP contribution in [0.25, 0.3) is 0 Å². The standard InChI is InChI=1S/C23H20F3N3O2/c24-17-9-7-16(8-10-17)22(30)29(19-5-2-1-3-6-19)14-4-13-27-23(31)28-21-12-11-18(25)15-20(21)26/h1-3,5-12,15H,4,13-14H2,(H2,27,28,31). The summed E-state index contributed by atoms with van der Waals surface area (Å²) in [4.78, 5) is 26.4. The van der Waals surface area contributed by atoms with Gasteiger partial charge in [0.2, 0.25) is 0 Å². The molecule has 0 atom stereocenters. The third-order valence-electron chi connectivity index (χ3n) is 4.43. The molecule has 31 heavy (non-hydrogen) atoms. The fourth-order valence-corrected chi connectivity index (χ4v) is 2.90. The second-order valence-corrected chi connectivity index (χ2v) is 6.66. The maximum Gasteiger partial charge on any atom is 0.319 e. The van der Waals surface area contributed by atoms with E-state index in [0.717, 1.165) is 12.1 Å². The summed E-state index contributed by atoms with van der Waals surface area (Å²) in [6.45, 7) is 0.486. The van der Waals surface area contributed by atoms with Crippen molar-refractivity contribution in [3.05, 3.63) is 95.8 Å². The van der Waals surface area contributed by atoms with Crippen LogP contribution >= 0.6 is 0 Å². The monoisotopic (exact) mass is 427 g/mol. The van der Waals surface area contributed by atoms with Gasteiger partial charge in [-0.15, -0.1) is 0 Å². The maximum atomic E-state index is 13.6. The van der Waals surface area contributed by atoms with Crippen LogP contribution < -0.4 is 15.5 Å². The van der Waals surface area contributed by atoms with Gasteiger partial charge < -0.3 is 15.5 Å². The molecule has 3 aromatic rings. The number of amides is 3. The molecule has 0 bridgehead atoms. The van der Waals surface area contributed by atoms with Gasteiger partial charge in [-0.1, -0.05) is 18.2 Å². The lowest BCUT2D eigenvalue weighted by Gasteiger charge is -2.23. The Morgan fingerprint density at radius 2 is 1.52 bits per heavy atom. The zero-order valence-corrected chi connectivity index (χ0v) is 16.4. The van der Waals surface area contributed by atoms with Crippen LogP contribution in [-0.2, 0) is 0 Å². The predicted octanol–water partition coefficient (Wildman–Crippen LogP) is 4.96. The topological polar surface area (TPSA) is 61.4 Å². The van der Waals surface area contributed by atoms with Crippen molar-refractivity contribution in [2.75, 3.05) is 23.3 Å². The van der Waals surface area contributed by atoms with Crippen LogP contribution in [0.5, 0.6) is 0 Å². The van der Waals surface area contributed by atoms with Crippen molar-refractivity contribution in [2.45, 2.75) is 6.42 Å². The minimum Gasteiger partial charge on any atom is -0.338 e. The van der Waals surface area contributed by atoms with Crippen molar-refractivity contribution in [1.82, 2.24) is 5.32 Å². The van der Waals surface area contributed by atoms with Crippen LogP contribution in [-0.4, -0.2) is 25.0 Å². The lowest BCUT2D eigenvalue weighted by atomic mass is 10.1. The van der Waals surface area contributed by atoms with Crippen molar-refractivity contribution in [2.24, 2.45) is 0 Å². The van der Waals surface area contributed by atoms with Crippen LogP contribution in [0.1, 0.15) is 16.8 Å². The van der Waals surface area contributed by atoms with Crippen molar-refractivity contribution < 1.29 is 22.8 Å². The third kappa shape index (κ3) is 6.08. The van der Waals surface area contributed by atoms with Gasteiger partial charge in [-0.2, -0.15) is 0 Å². The van der Waals surface area contributed by atoms with Crippen LogP contribution in [0, 0.1) is 17.5 Å². The number of halogens is 3. The zero-order valence-electron chi connectivity index (χ0n) is 16.4. The molecule has 0 aliphatic rings. The smallest absolute Gasteiger partial charge is 0.319 e. The van der Waals surface area contributed by atoms with Gasteiger partial charge in [0.25, 0.3) is 5.91 Å². The van der Waals surface area contributed by atoms with E-state index in [1.165, 1.54) is 29.2 Å². The van der Waals surface area contributed by atoms with Gasteiger partial charge in [-0.3, -0.25) is 4.79 Å². The van der Waals surface area contributed by atoms with E-state index in [1.54, 1.807) is 24.3 Å². The zero-order chi connectivity index (χ0) is 22.2. The van der Waals surface area contributed by atoms with Gasteiger partial charge in [0, 0.05) is 30.4 Å². The van der Waals surface area contributed by atoms with Crippen LogP contribution in [0.15, 0.2) is 72.8 Å². The van der Waals surface area contributed by atoms with E-state index in [0.29, 0.717) is 23.7 Å². The molecule has 0 aliphatic heterocycles. The van der Waals surface area contributed by atoms with Crippen molar-refractivity contribution >= 4 is 23.3 Å². The van der Waals surface area contributed by atoms with Crippen LogP contribution in [0.2, 0.25) is 0 Å². The average molecular weight is 427 g/mol. The molecule has 0 heterocycles. The molecule has 0 radical (unpaired) electrons. The van der Waals surface area contributed by atoms with E-state index in [9.17, 15) is 22.8 Å². The summed E-state index contributed by atoms with van der Waals surface area (Å²) in [5.74, 6) is -2.36. The van der Waals surface area contributed by atoms with Gasteiger partial charge in [0.05, 0.1) is 5.69 Å². The normalized spacial score (nSPS) is 10.4. The van der Waals surface area contributed by atoms with E-state index in [-0.39, 0.29) is 24.7 Å². The largest absolute Gasteiger partial charge is 0.338 e. The Balaban J connectivity index is 1.58. The van der Waals surface area contributed by atoms with E-state index in [1.807, 2.05) is 6.07 Å². The van der Waals surface area contributed by atoms with Crippen molar-refractivity contribution in [3.63, 3.8) is 0 Å². The lowest BCUT2D eigenvalue weighted by Crippen LogP contribution is -2.35. The molecule has 0 aliphatic carbocycles. The van der Waals surface area contributed by atoms with E-state index >= 15 is 0 Å².